The van der Waals surface area contributed by atoms with Gasteiger partial charge in [0.05, 0.1) is 11.3 Å². The van der Waals surface area contributed by atoms with Gasteiger partial charge in [0.25, 0.3) is 10.1 Å². The maximum atomic E-state index is 12.1. The van der Waals surface area contributed by atoms with Crippen LogP contribution in [0.1, 0.15) is 13.3 Å². The van der Waals surface area contributed by atoms with E-state index in [1.807, 2.05) is 0 Å². The van der Waals surface area contributed by atoms with E-state index in [1.165, 1.54) is 0 Å². The standard InChI is InChI=1S/C8H8F6O3S/c1-5(8(12,13)14)4-6(18(15,16)17)2-3-7(9,10)11/h2,4H,3H2,1H3,(H,15,16,17)/b5-4+,6-2+. The highest BCUT2D eigenvalue weighted by atomic mass is 32.2. The molecule has 0 atom stereocenters. The summed E-state index contributed by atoms with van der Waals surface area (Å²) in [7, 11) is -5.16. The molecule has 0 saturated carbocycles. The normalized spacial score (nSPS) is 16.0. The zero-order chi connectivity index (χ0) is 14.8. The second kappa shape index (κ2) is 5.31. The van der Waals surface area contributed by atoms with Gasteiger partial charge in [-0.2, -0.15) is 34.8 Å². The van der Waals surface area contributed by atoms with E-state index in [2.05, 4.69) is 0 Å². The Morgan fingerprint density at radius 1 is 1.17 bits per heavy atom. The first-order valence-electron chi connectivity index (χ1n) is 4.23. The molecule has 0 rings (SSSR count). The van der Waals surface area contributed by atoms with Gasteiger partial charge >= 0.3 is 12.4 Å². The van der Waals surface area contributed by atoms with E-state index in [4.69, 9.17) is 4.55 Å². The van der Waals surface area contributed by atoms with Crippen molar-refractivity contribution < 1.29 is 39.3 Å². The third-order valence-electron chi connectivity index (χ3n) is 1.64. The molecule has 3 nitrogen and oxygen atoms in total. The molecule has 0 fully saturated rings. The summed E-state index contributed by atoms with van der Waals surface area (Å²) in [6.45, 7) is 0.465. The molecule has 0 bridgehead atoms. The first kappa shape index (κ1) is 17.0. The molecule has 0 saturated heterocycles. The second-order valence-electron chi connectivity index (χ2n) is 3.23. The van der Waals surface area contributed by atoms with Crippen LogP contribution in [0.25, 0.3) is 0 Å². The molecule has 0 aromatic carbocycles. The van der Waals surface area contributed by atoms with Crippen LogP contribution in [0.3, 0.4) is 0 Å². The third kappa shape index (κ3) is 6.64. The average molecular weight is 298 g/mol. The molecule has 0 amide bonds. The molecule has 0 unspecified atom stereocenters. The van der Waals surface area contributed by atoms with Gasteiger partial charge in [-0.15, -0.1) is 0 Å². The lowest BCUT2D eigenvalue weighted by Crippen LogP contribution is -2.12. The molecule has 10 heteroatoms. The van der Waals surface area contributed by atoms with Crippen molar-refractivity contribution in [1.29, 1.82) is 0 Å². The number of halogens is 6. The molecule has 0 aliphatic carbocycles. The molecule has 0 aromatic heterocycles. The molecule has 18 heavy (non-hydrogen) atoms. The van der Waals surface area contributed by atoms with E-state index in [0.717, 1.165) is 0 Å². The number of rotatable bonds is 3. The third-order valence-corrected chi connectivity index (χ3v) is 2.52. The van der Waals surface area contributed by atoms with Crippen LogP contribution >= 0.6 is 0 Å². The summed E-state index contributed by atoms with van der Waals surface area (Å²) in [5, 5.41) is 0. The minimum Gasteiger partial charge on any atom is -0.282 e. The Hall–Kier alpha value is -1.03. The van der Waals surface area contributed by atoms with Crippen molar-refractivity contribution in [3.63, 3.8) is 0 Å². The monoisotopic (exact) mass is 298 g/mol. The van der Waals surface area contributed by atoms with Crippen LogP contribution in [-0.2, 0) is 10.1 Å². The summed E-state index contributed by atoms with van der Waals surface area (Å²) in [6.07, 6.45) is -11.6. The summed E-state index contributed by atoms with van der Waals surface area (Å²) in [4.78, 5) is -1.45. The minimum absolute atomic E-state index is 0.0371. The van der Waals surface area contributed by atoms with Crippen LogP contribution in [0.5, 0.6) is 0 Å². The second-order valence-corrected chi connectivity index (χ2v) is 4.65. The highest BCUT2D eigenvalue weighted by Gasteiger charge is 2.32. The topological polar surface area (TPSA) is 54.4 Å². The van der Waals surface area contributed by atoms with Crippen LogP contribution in [0.4, 0.5) is 26.3 Å². The van der Waals surface area contributed by atoms with E-state index in [1.54, 1.807) is 0 Å². The number of hydrogen-bond donors (Lipinski definition) is 1. The summed E-state index contributed by atoms with van der Waals surface area (Å²) in [6, 6.07) is 0. The molecule has 0 aliphatic rings. The smallest absolute Gasteiger partial charge is 0.282 e. The van der Waals surface area contributed by atoms with E-state index in [9.17, 15) is 34.8 Å². The highest BCUT2D eigenvalue weighted by molar-refractivity contribution is 7.90. The van der Waals surface area contributed by atoms with Crippen LogP contribution in [-0.4, -0.2) is 25.3 Å². The zero-order valence-corrected chi connectivity index (χ0v) is 9.62. The lowest BCUT2D eigenvalue weighted by molar-refractivity contribution is -0.125. The van der Waals surface area contributed by atoms with Gasteiger partial charge in [0.15, 0.2) is 0 Å². The van der Waals surface area contributed by atoms with Crippen molar-refractivity contribution in [3.05, 3.63) is 22.6 Å². The van der Waals surface area contributed by atoms with Crippen molar-refractivity contribution in [1.82, 2.24) is 0 Å². The zero-order valence-electron chi connectivity index (χ0n) is 8.80. The molecule has 0 radical (unpaired) electrons. The fourth-order valence-electron chi connectivity index (χ4n) is 0.750. The van der Waals surface area contributed by atoms with E-state index < -0.39 is 39.4 Å². The SMILES string of the molecule is C/C(=C\C(=C/CC(F)(F)F)S(=O)(=O)O)C(F)(F)F. The van der Waals surface area contributed by atoms with Crippen LogP contribution in [0, 0.1) is 0 Å². The van der Waals surface area contributed by atoms with Crippen LogP contribution in [0.2, 0.25) is 0 Å². The number of hydrogen-bond acceptors (Lipinski definition) is 2. The van der Waals surface area contributed by atoms with Gasteiger partial charge in [-0.3, -0.25) is 4.55 Å². The van der Waals surface area contributed by atoms with Crippen molar-refractivity contribution in [2.24, 2.45) is 0 Å². The molecule has 0 aromatic rings. The summed E-state index contributed by atoms with van der Waals surface area (Å²) in [5.74, 6) is 0. The number of allylic oxidation sites excluding steroid dienone is 3. The quantitative estimate of drug-likeness (QED) is 0.494. The van der Waals surface area contributed by atoms with Crippen molar-refractivity contribution in [2.45, 2.75) is 25.7 Å². The van der Waals surface area contributed by atoms with Crippen LogP contribution < -0.4 is 0 Å². The molecule has 106 valence electrons. The van der Waals surface area contributed by atoms with Crippen molar-refractivity contribution in [2.75, 3.05) is 0 Å². The van der Waals surface area contributed by atoms with Gasteiger partial charge in [-0.25, -0.2) is 0 Å². The first-order chi connectivity index (χ1) is 7.73. The lowest BCUT2D eigenvalue weighted by Gasteiger charge is -2.08. The first-order valence-corrected chi connectivity index (χ1v) is 5.67. The Bertz CT molecular complexity index is 454. The Morgan fingerprint density at radius 2 is 1.61 bits per heavy atom. The predicted octanol–water partition coefficient (Wildman–Crippen LogP) is 3.22. The maximum absolute atomic E-state index is 12.1. The molecule has 1 N–H and O–H groups in total. The molecular formula is C8H8F6O3S. The van der Waals surface area contributed by atoms with Gasteiger partial charge < -0.3 is 0 Å². The van der Waals surface area contributed by atoms with Gasteiger partial charge in [-0.05, 0) is 13.0 Å². The fourth-order valence-corrected chi connectivity index (χ4v) is 1.37. The summed E-state index contributed by atoms with van der Waals surface area (Å²) in [5.41, 5.74) is -1.45. The maximum Gasteiger partial charge on any atom is 0.412 e. The van der Waals surface area contributed by atoms with Crippen molar-refractivity contribution >= 4 is 10.1 Å². The van der Waals surface area contributed by atoms with Gasteiger partial charge in [0.2, 0.25) is 0 Å². The minimum atomic E-state index is -5.16. The van der Waals surface area contributed by atoms with E-state index >= 15 is 0 Å². The molecular weight excluding hydrogens is 290 g/mol. The summed E-state index contributed by atoms with van der Waals surface area (Å²) >= 11 is 0. The predicted molar refractivity (Wildman–Crippen MR) is 50.1 cm³/mol. The van der Waals surface area contributed by atoms with E-state index in [-0.39, 0.29) is 12.2 Å². The number of alkyl halides is 6. The molecule has 0 aliphatic heterocycles. The van der Waals surface area contributed by atoms with E-state index in [0.29, 0.717) is 6.92 Å². The lowest BCUT2D eigenvalue weighted by atomic mass is 10.2. The largest absolute Gasteiger partial charge is 0.412 e. The molecule has 0 heterocycles. The fraction of sp³-hybridized carbons (Fsp3) is 0.500. The Morgan fingerprint density at radius 3 is 1.89 bits per heavy atom. The Labute approximate surface area is 98.5 Å². The average Bonchev–Trinajstić information content (AvgIpc) is 2.06. The van der Waals surface area contributed by atoms with Gasteiger partial charge in [-0.1, -0.05) is 6.08 Å². The van der Waals surface area contributed by atoms with Gasteiger partial charge in [0.1, 0.15) is 0 Å². The van der Waals surface area contributed by atoms with Gasteiger partial charge in [0, 0.05) is 5.57 Å². The molecule has 0 spiro atoms. The highest BCUT2D eigenvalue weighted by Crippen LogP contribution is 2.28. The summed E-state index contributed by atoms with van der Waals surface area (Å²) < 4.78 is 101. The van der Waals surface area contributed by atoms with Crippen LogP contribution in [0.15, 0.2) is 22.6 Å². The van der Waals surface area contributed by atoms with Crippen molar-refractivity contribution in [3.8, 4) is 0 Å². The Balaban J connectivity index is 5.44. The Kier molecular flexibility index (Phi) is 5.00.